The van der Waals surface area contributed by atoms with Gasteiger partial charge in [0.2, 0.25) is 0 Å². The predicted octanol–water partition coefficient (Wildman–Crippen LogP) is 0.828. The maximum atomic E-state index is 12.8. The average Bonchev–Trinajstić information content (AvgIpc) is 2.36. The lowest BCUT2D eigenvalue weighted by molar-refractivity contribution is -0.123. The maximum absolute atomic E-state index is 12.8. The fourth-order valence-electron chi connectivity index (χ4n) is 1.20. The third kappa shape index (κ3) is 5.15. The van der Waals surface area contributed by atoms with Crippen LogP contribution in [0.15, 0.2) is 24.3 Å². The molecular weight excluding hydrogens is 255 g/mol. The van der Waals surface area contributed by atoms with Crippen molar-refractivity contribution in [1.82, 2.24) is 10.6 Å². The van der Waals surface area contributed by atoms with Crippen molar-refractivity contribution in [3.8, 4) is 0 Å². The molecule has 19 heavy (non-hydrogen) atoms. The number of benzene rings is 1. The number of carbonyl (C=O) groups excluding carboxylic acids is 3. The summed E-state index contributed by atoms with van der Waals surface area (Å²) < 4.78 is 17.5. The summed E-state index contributed by atoms with van der Waals surface area (Å²) in [4.78, 5) is 33.6. The van der Waals surface area contributed by atoms with E-state index in [1.165, 1.54) is 18.2 Å². The fourth-order valence-corrected chi connectivity index (χ4v) is 1.20. The molecule has 0 saturated carbocycles. The minimum Gasteiger partial charge on any atom is -0.452 e. The van der Waals surface area contributed by atoms with Gasteiger partial charge in [-0.05, 0) is 25.1 Å². The number of urea groups is 1. The van der Waals surface area contributed by atoms with E-state index in [4.69, 9.17) is 0 Å². The molecule has 0 fully saturated rings. The Morgan fingerprint density at radius 1 is 1.32 bits per heavy atom. The van der Waals surface area contributed by atoms with Crippen molar-refractivity contribution in [2.24, 2.45) is 0 Å². The second kappa shape index (κ2) is 7.10. The van der Waals surface area contributed by atoms with Gasteiger partial charge >= 0.3 is 12.0 Å². The van der Waals surface area contributed by atoms with Crippen molar-refractivity contribution < 1.29 is 23.5 Å². The third-order valence-electron chi connectivity index (χ3n) is 1.98. The number of esters is 1. The van der Waals surface area contributed by atoms with Crippen molar-refractivity contribution in [2.75, 3.05) is 13.2 Å². The van der Waals surface area contributed by atoms with E-state index < -0.39 is 30.3 Å². The molecule has 0 bridgehead atoms. The topological polar surface area (TPSA) is 84.5 Å². The highest BCUT2D eigenvalue weighted by Crippen LogP contribution is 2.04. The lowest BCUT2D eigenvalue weighted by Gasteiger charge is -2.06. The second-order valence-corrected chi connectivity index (χ2v) is 3.49. The number of imide groups is 1. The number of hydrogen-bond donors (Lipinski definition) is 2. The monoisotopic (exact) mass is 268 g/mol. The summed E-state index contributed by atoms with van der Waals surface area (Å²) in [6.07, 6.45) is 0. The number of amides is 3. The SMILES string of the molecule is CCNC(=O)NC(=O)COC(=O)c1cccc(F)c1. The molecule has 0 radical (unpaired) electrons. The van der Waals surface area contributed by atoms with Gasteiger partial charge in [-0.3, -0.25) is 10.1 Å². The molecule has 0 saturated heterocycles. The summed E-state index contributed by atoms with van der Waals surface area (Å²) >= 11 is 0. The van der Waals surface area contributed by atoms with Gasteiger partial charge < -0.3 is 10.1 Å². The van der Waals surface area contributed by atoms with Gasteiger partial charge in [0.1, 0.15) is 5.82 Å². The van der Waals surface area contributed by atoms with Crippen molar-refractivity contribution in [3.05, 3.63) is 35.6 Å². The largest absolute Gasteiger partial charge is 0.452 e. The van der Waals surface area contributed by atoms with Gasteiger partial charge in [-0.1, -0.05) is 6.07 Å². The van der Waals surface area contributed by atoms with E-state index in [2.05, 4.69) is 10.1 Å². The van der Waals surface area contributed by atoms with Crippen LogP contribution in [0.25, 0.3) is 0 Å². The minimum absolute atomic E-state index is 0.00851. The Morgan fingerprint density at radius 3 is 2.68 bits per heavy atom. The zero-order valence-electron chi connectivity index (χ0n) is 10.2. The average molecular weight is 268 g/mol. The van der Waals surface area contributed by atoms with E-state index in [1.807, 2.05) is 5.32 Å². The number of nitrogens with one attached hydrogen (secondary N) is 2. The van der Waals surface area contributed by atoms with Gasteiger partial charge in [-0.25, -0.2) is 14.0 Å². The van der Waals surface area contributed by atoms with Crippen LogP contribution in [0.1, 0.15) is 17.3 Å². The smallest absolute Gasteiger partial charge is 0.338 e. The minimum atomic E-state index is -0.842. The molecule has 0 aliphatic rings. The van der Waals surface area contributed by atoms with E-state index in [9.17, 15) is 18.8 Å². The molecule has 3 amide bonds. The summed E-state index contributed by atoms with van der Waals surface area (Å²) in [5, 5.41) is 4.30. The maximum Gasteiger partial charge on any atom is 0.338 e. The molecular formula is C12H13FN2O4. The number of rotatable bonds is 4. The Kier molecular flexibility index (Phi) is 5.46. The molecule has 0 atom stereocenters. The molecule has 0 aliphatic carbocycles. The third-order valence-corrected chi connectivity index (χ3v) is 1.98. The van der Waals surface area contributed by atoms with Gasteiger partial charge in [-0.15, -0.1) is 0 Å². The Hall–Kier alpha value is -2.44. The molecule has 1 aromatic rings. The van der Waals surface area contributed by atoms with Crippen LogP contribution in [-0.4, -0.2) is 31.1 Å². The van der Waals surface area contributed by atoms with Crippen molar-refractivity contribution in [2.45, 2.75) is 6.92 Å². The first kappa shape index (κ1) is 14.6. The molecule has 1 rings (SSSR count). The zero-order valence-corrected chi connectivity index (χ0v) is 10.2. The molecule has 0 unspecified atom stereocenters. The fraction of sp³-hybridized carbons (Fsp3) is 0.250. The number of carbonyl (C=O) groups is 3. The van der Waals surface area contributed by atoms with E-state index in [0.29, 0.717) is 6.54 Å². The molecule has 7 heteroatoms. The Morgan fingerprint density at radius 2 is 2.05 bits per heavy atom. The normalized spacial score (nSPS) is 9.58. The van der Waals surface area contributed by atoms with E-state index in [-0.39, 0.29) is 5.56 Å². The molecule has 2 N–H and O–H groups in total. The molecule has 0 spiro atoms. The summed E-state index contributed by atoms with van der Waals surface area (Å²) in [6, 6.07) is 4.20. The van der Waals surface area contributed by atoms with Gasteiger partial charge in [0, 0.05) is 6.54 Å². The first-order valence-electron chi connectivity index (χ1n) is 5.53. The van der Waals surface area contributed by atoms with Crippen LogP contribution in [0, 0.1) is 5.82 Å². The van der Waals surface area contributed by atoms with Crippen molar-refractivity contribution in [3.63, 3.8) is 0 Å². The van der Waals surface area contributed by atoms with Crippen LogP contribution in [0.4, 0.5) is 9.18 Å². The van der Waals surface area contributed by atoms with Gasteiger partial charge in [0.15, 0.2) is 6.61 Å². The highest BCUT2D eigenvalue weighted by atomic mass is 19.1. The molecule has 102 valence electrons. The van der Waals surface area contributed by atoms with Gasteiger partial charge in [0.05, 0.1) is 5.56 Å². The van der Waals surface area contributed by atoms with Gasteiger partial charge in [-0.2, -0.15) is 0 Å². The summed E-state index contributed by atoms with van der Waals surface area (Å²) in [5.74, 6) is -2.19. The van der Waals surface area contributed by atoms with Crippen molar-refractivity contribution in [1.29, 1.82) is 0 Å². The standard InChI is InChI=1S/C12H13FN2O4/c1-2-14-12(18)15-10(16)7-19-11(17)8-4-3-5-9(13)6-8/h3-6H,2,7H2,1H3,(H2,14,15,16,18). The van der Waals surface area contributed by atoms with E-state index >= 15 is 0 Å². The lowest BCUT2D eigenvalue weighted by Crippen LogP contribution is -2.41. The lowest BCUT2D eigenvalue weighted by atomic mass is 10.2. The predicted molar refractivity (Wildman–Crippen MR) is 63.9 cm³/mol. The van der Waals surface area contributed by atoms with E-state index in [0.717, 1.165) is 6.07 Å². The number of halogens is 1. The summed E-state index contributed by atoms with van der Waals surface area (Å²) in [6.45, 7) is 1.43. The van der Waals surface area contributed by atoms with Crippen LogP contribution in [0.3, 0.4) is 0 Å². The first-order chi connectivity index (χ1) is 9.02. The molecule has 0 aliphatic heterocycles. The Bertz CT molecular complexity index is 490. The van der Waals surface area contributed by atoms with Crippen molar-refractivity contribution >= 4 is 17.9 Å². The summed E-state index contributed by atoms with van der Waals surface area (Å²) in [5.41, 5.74) is -0.00851. The molecule has 6 nitrogen and oxygen atoms in total. The van der Waals surface area contributed by atoms with Crippen LogP contribution >= 0.6 is 0 Å². The molecule has 0 heterocycles. The van der Waals surface area contributed by atoms with Crippen LogP contribution < -0.4 is 10.6 Å². The van der Waals surface area contributed by atoms with Crippen LogP contribution in [-0.2, 0) is 9.53 Å². The highest BCUT2D eigenvalue weighted by molar-refractivity contribution is 5.96. The zero-order chi connectivity index (χ0) is 14.3. The van der Waals surface area contributed by atoms with Crippen LogP contribution in [0.5, 0.6) is 0 Å². The van der Waals surface area contributed by atoms with Crippen LogP contribution in [0.2, 0.25) is 0 Å². The van der Waals surface area contributed by atoms with Gasteiger partial charge in [0.25, 0.3) is 5.91 Å². The number of hydrogen-bond acceptors (Lipinski definition) is 4. The number of ether oxygens (including phenoxy) is 1. The Balaban J connectivity index is 2.42. The summed E-state index contributed by atoms with van der Waals surface area (Å²) in [7, 11) is 0. The van der Waals surface area contributed by atoms with E-state index in [1.54, 1.807) is 6.92 Å². The highest BCUT2D eigenvalue weighted by Gasteiger charge is 2.12. The molecule has 1 aromatic carbocycles. The first-order valence-corrected chi connectivity index (χ1v) is 5.53. The second-order valence-electron chi connectivity index (χ2n) is 3.49. The molecule has 0 aromatic heterocycles. The quantitative estimate of drug-likeness (QED) is 0.792. The Labute approximate surface area is 108 Å².